The highest BCUT2D eigenvalue weighted by Crippen LogP contribution is 2.47. The summed E-state index contributed by atoms with van der Waals surface area (Å²) in [5, 5.41) is 0.848. The largest absolute Gasteiger partial charge is 0.326 e. The molecule has 1 saturated carbocycles. The average Bonchev–Trinajstić information content (AvgIpc) is 2.92. The molecule has 1 saturated heterocycles. The average molecular weight is 307 g/mol. The van der Waals surface area contributed by atoms with E-state index in [1.54, 1.807) is 0 Å². The smallest absolute Gasteiger partial charge is 0.0511 e. The van der Waals surface area contributed by atoms with Crippen molar-refractivity contribution in [3.63, 3.8) is 0 Å². The lowest BCUT2D eigenvalue weighted by Gasteiger charge is -2.44. The van der Waals surface area contributed by atoms with Gasteiger partial charge in [0.15, 0.2) is 0 Å². The molecule has 0 radical (unpaired) electrons. The van der Waals surface area contributed by atoms with Crippen LogP contribution >= 0.6 is 11.6 Å². The topological polar surface area (TPSA) is 29.3 Å². The summed E-state index contributed by atoms with van der Waals surface area (Å²) in [5.41, 5.74) is 8.16. The Labute approximate surface area is 133 Å². The van der Waals surface area contributed by atoms with Crippen molar-refractivity contribution in [3.05, 3.63) is 34.9 Å². The number of benzene rings is 1. The van der Waals surface area contributed by atoms with Gasteiger partial charge in [0.05, 0.1) is 6.04 Å². The van der Waals surface area contributed by atoms with E-state index in [1.165, 1.54) is 44.1 Å². The van der Waals surface area contributed by atoms with E-state index in [0.29, 0.717) is 5.41 Å². The van der Waals surface area contributed by atoms with E-state index >= 15 is 0 Å². The monoisotopic (exact) mass is 306 g/mol. The van der Waals surface area contributed by atoms with Crippen LogP contribution in [0, 0.1) is 5.41 Å². The van der Waals surface area contributed by atoms with Crippen LogP contribution in [0.4, 0.5) is 0 Å². The highest BCUT2D eigenvalue weighted by Gasteiger charge is 2.39. The van der Waals surface area contributed by atoms with Crippen LogP contribution in [-0.2, 0) is 0 Å². The van der Waals surface area contributed by atoms with Gasteiger partial charge in [0.25, 0.3) is 0 Å². The van der Waals surface area contributed by atoms with Crippen molar-refractivity contribution in [2.75, 3.05) is 13.1 Å². The molecular formula is C18H27ClN2. The quantitative estimate of drug-likeness (QED) is 0.897. The van der Waals surface area contributed by atoms with Crippen molar-refractivity contribution in [2.45, 2.75) is 57.5 Å². The highest BCUT2D eigenvalue weighted by molar-refractivity contribution is 6.31. The van der Waals surface area contributed by atoms with E-state index in [2.05, 4.69) is 24.0 Å². The lowest BCUT2D eigenvalue weighted by Crippen LogP contribution is -2.46. The number of hydrogen-bond acceptors (Lipinski definition) is 2. The summed E-state index contributed by atoms with van der Waals surface area (Å²) in [7, 11) is 0. The molecule has 1 aromatic carbocycles. The Kier molecular flexibility index (Phi) is 4.58. The van der Waals surface area contributed by atoms with Crippen molar-refractivity contribution < 1.29 is 0 Å². The van der Waals surface area contributed by atoms with E-state index in [9.17, 15) is 0 Å². The Morgan fingerprint density at radius 2 is 1.71 bits per heavy atom. The molecule has 3 heteroatoms. The molecule has 2 fully saturated rings. The maximum absolute atomic E-state index is 6.42. The van der Waals surface area contributed by atoms with E-state index in [4.69, 9.17) is 17.3 Å². The third-order valence-electron chi connectivity index (χ3n) is 5.64. The molecule has 1 aliphatic heterocycles. The molecular weight excluding hydrogens is 280 g/mol. The summed E-state index contributed by atoms with van der Waals surface area (Å²) in [5.74, 6) is 0. The molecule has 2 atom stereocenters. The maximum Gasteiger partial charge on any atom is 0.0511 e. The molecule has 1 spiro atoms. The van der Waals surface area contributed by atoms with Gasteiger partial charge in [0.1, 0.15) is 0 Å². The molecule has 116 valence electrons. The normalized spacial score (nSPS) is 25.1. The van der Waals surface area contributed by atoms with Gasteiger partial charge in [0.2, 0.25) is 0 Å². The van der Waals surface area contributed by atoms with E-state index in [1.807, 2.05) is 12.1 Å². The van der Waals surface area contributed by atoms with Gasteiger partial charge >= 0.3 is 0 Å². The van der Waals surface area contributed by atoms with E-state index < -0.39 is 0 Å². The summed E-state index contributed by atoms with van der Waals surface area (Å²) >= 11 is 6.42. The van der Waals surface area contributed by atoms with Crippen LogP contribution in [0.5, 0.6) is 0 Å². The second kappa shape index (κ2) is 6.28. The fourth-order valence-corrected chi connectivity index (χ4v) is 4.68. The zero-order valence-corrected chi connectivity index (χ0v) is 13.8. The minimum absolute atomic E-state index is 0.0996. The predicted molar refractivity (Wildman–Crippen MR) is 89.6 cm³/mol. The Bertz CT molecular complexity index is 470. The Morgan fingerprint density at radius 1 is 1.10 bits per heavy atom. The van der Waals surface area contributed by atoms with Crippen LogP contribution in [0.25, 0.3) is 0 Å². The van der Waals surface area contributed by atoms with Crippen molar-refractivity contribution >= 4 is 11.6 Å². The summed E-state index contributed by atoms with van der Waals surface area (Å²) in [6.45, 7) is 4.43. The van der Waals surface area contributed by atoms with Crippen LogP contribution in [-0.4, -0.2) is 24.0 Å². The van der Waals surface area contributed by atoms with Crippen molar-refractivity contribution in [2.24, 2.45) is 11.1 Å². The highest BCUT2D eigenvalue weighted by atomic mass is 35.5. The van der Waals surface area contributed by atoms with E-state index in [0.717, 1.165) is 18.1 Å². The Balaban J connectivity index is 1.76. The van der Waals surface area contributed by atoms with Gasteiger partial charge in [-0.25, -0.2) is 0 Å². The third-order valence-corrected chi connectivity index (χ3v) is 5.98. The first-order valence-corrected chi connectivity index (χ1v) is 8.73. The van der Waals surface area contributed by atoms with Gasteiger partial charge in [-0.2, -0.15) is 0 Å². The van der Waals surface area contributed by atoms with Crippen LogP contribution in [0.3, 0.4) is 0 Å². The van der Waals surface area contributed by atoms with Gasteiger partial charge in [0, 0.05) is 11.1 Å². The van der Waals surface area contributed by atoms with Crippen LogP contribution in [0.2, 0.25) is 5.02 Å². The van der Waals surface area contributed by atoms with Gasteiger partial charge in [-0.3, -0.25) is 4.90 Å². The molecule has 21 heavy (non-hydrogen) atoms. The minimum Gasteiger partial charge on any atom is -0.326 e. The lowest BCUT2D eigenvalue weighted by molar-refractivity contribution is 0.0678. The molecule has 2 unspecified atom stereocenters. The molecule has 0 amide bonds. The Morgan fingerprint density at radius 3 is 2.29 bits per heavy atom. The molecule has 0 bridgehead atoms. The second-order valence-corrected chi connectivity index (χ2v) is 7.48. The first-order chi connectivity index (χ1) is 10.1. The zero-order chi connectivity index (χ0) is 14.9. The summed E-state index contributed by atoms with van der Waals surface area (Å²) < 4.78 is 0. The number of nitrogens with two attached hydrogens (primary N) is 1. The fraction of sp³-hybridized carbons (Fsp3) is 0.667. The molecule has 2 aliphatic rings. The standard InChI is InChI=1S/C18H27ClN2/c1-14(20)17(15-6-2-3-7-16(15)19)21-12-10-18(11-13-21)8-4-5-9-18/h2-3,6-7,14,17H,4-5,8-13,20H2,1H3. The summed E-state index contributed by atoms with van der Waals surface area (Å²) in [4.78, 5) is 2.56. The molecule has 0 aromatic heterocycles. The number of halogens is 1. The van der Waals surface area contributed by atoms with Crippen LogP contribution in [0.1, 0.15) is 57.1 Å². The van der Waals surface area contributed by atoms with Crippen molar-refractivity contribution in [3.8, 4) is 0 Å². The number of piperidine rings is 1. The summed E-state index contributed by atoms with van der Waals surface area (Å²) in [6.07, 6.45) is 8.41. The molecule has 1 heterocycles. The molecule has 2 N–H and O–H groups in total. The van der Waals surface area contributed by atoms with Gasteiger partial charge in [-0.15, -0.1) is 0 Å². The Hall–Kier alpha value is -0.570. The minimum atomic E-state index is 0.0996. The molecule has 1 aromatic rings. The number of rotatable bonds is 3. The predicted octanol–water partition coefficient (Wildman–Crippen LogP) is 4.38. The van der Waals surface area contributed by atoms with E-state index in [-0.39, 0.29) is 12.1 Å². The number of nitrogens with zero attached hydrogens (tertiary/aromatic N) is 1. The molecule has 1 aliphatic carbocycles. The third kappa shape index (κ3) is 3.13. The number of likely N-dealkylation sites (tertiary alicyclic amines) is 1. The maximum atomic E-state index is 6.42. The van der Waals surface area contributed by atoms with Crippen LogP contribution < -0.4 is 5.73 Å². The molecule has 2 nitrogen and oxygen atoms in total. The van der Waals surface area contributed by atoms with Crippen molar-refractivity contribution in [1.29, 1.82) is 0 Å². The van der Waals surface area contributed by atoms with Crippen molar-refractivity contribution in [1.82, 2.24) is 4.90 Å². The van der Waals surface area contributed by atoms with Crippen LogP contribution in [0.15, 0.2) is 24.3 Å². The first-order valence-electron chi connectivity index (χ1n) is 8.35. The fourth-order valence-electron chi connectivity index (χ4n) is 4.43. The molecule has 3 rings (SSSR count). The number of hydrogen-bond donors (Lipinski definition) is 1. The second-order valence-electron chi connectivity index (χ2n) is 7.07. The van der Waals surface area contributed by atoms with Gasteiger partial charge in [-0.05, 0) is 62.7 Å². The van der Waals surface area contributed by atoms with Gasteiger partial charge < -0.3 is 5.73 Å². The SMILES string of the molecule is CC(N)C(c1ccccc1Cl)N1CCC2(CCCC2)CC1. The first kappa shape index (κ1) is 15.3. The lowest BCUT2D eigenvalue weighted by atomic mass is 9.76. The van der Waals surface area contributed by atoms with Gasteiger partial charge in [-0.1, -0.05) is 42.6 Å². The summed E-state index contributed by atoms with van der Waals surface area (Å²) in [6, 6.07) is 8.53. The zero-order valence-electron chi connectivity index (χ0n) is 13.0.